The van der Waals surface area contributed by atoms with Crippen molar-refractivity contribution in [3.05, 3.63) is 58.6 Å². The van der Waals surface area contributed by atoms with E-state index in [9.17, 15) is 0 Å². The number of fused-ring (bicyclic) bond motifs is 1. The lowest BCUT2D eigenvalue weighted by Gasteiger charge is -2.34. The second-order valence-electron chi connectivity index (χ2n) is 6.99. The van der Waals surface area contributed by atoms with Gasteiger partial charge < -0.3 is 14.9 Å². The second-order valence-corrected chi connectivity index (χ2v) is 7.37. The zero-order valence-electron chi connectivity index (χ0n) is 15.6. The molecule has 1 N–H and O–H groups in total. The summed E-state index contributed by atoms with van der Waals surface area (Å²) in [4.78, 5) is 2.49. The van der Waals surface area contributed by atoms with E-state index in [4.69, 9.17) is 21.1 Å². The molecule has 142 valence electrons. The molecule has 2 aliphatic heterocycles. The quantitative estimate of drug-likeness (QED) is 0.848. The number of ether oxygens (including phenoxy) is 2. The summed E-state index contributed by atoms with van der Waals surface area (Å²) >= 11 is 6.66. The lowest BCUT2D eigenvalue weighted by molar-refractivity contribution is 0.220. The molecule has 0 saturated carbocycles. The van der Waals surface area contributed by atoms with E-state index in [0.717, 1.165) is 31.6 Å². The summed E-state index contributed by atoms with van der Waals surface area (Å²) in [5.74, 6) is 1.52. The Hall–Kier alpha value is -2.24. The lowest BCUT2D eigenvalue weighted by atomic mass is 9.86. The molecule has 0 aliphatic carbocycles. The number of rotatable bonds is 5. The van der Waals surface area contributed by atoms with Crippen molar-refractivity contribution in [3.8, 4) is 11.5 Å². The monoisotopic (exact) mass is 385 g/mol. The third-order valence-corrected chi connectivity index (χ3v) is 5.81. The minimum atomic E-state index is 0.0471. The van der Waals surface area contributed by atoms with Crippen LogP contribution in [0.3, 0.4) is 0 Å². The van der Waals surface area contributed by atoms with Crippen LogP contribution < -0.4 is 14.9 Å². The number of nitrogens with one attached hydrogen (secondary N) is 1. The molecule has 2 aromatic carbocycles. The van der Waals surface area contributed by atoms with Gasteiger partial charge in [-0.1, -0.05) is 48.0 Å². The maximum Gasteiger partial charge on any atom is 0.179 e. The van der Waals surface area contributed by atoms with Gasteiger partial charge in [-0.15, -0.1) is 0 Å². The van der Waals surface area contributed by atoms with Crippen LogP contribution in [0.5, 0.6) is 11.5 Å². The number of methoxy groups -OCH3 is 2. The predicted molar refractivity (Wildman–Crippen MR) is 108 cm³/mol. The zero-order chi connectivity index (χ0) is 18.8. The van der Waals surface area contributed by atoms with Crippen molar-refractivity contribution in [1.82, 2.24) is 10.3 Å². The first kappa shape index (κ1) is 18.1. The van der Waals surface area contributed by atoms with Crippen LogP contribution in [-0.4, -0.2) is 37.9 Å². The van der Waals surface area contributed by atoms with Gasteiger partial charge in [0, 0.05) is 37.7 Å². The van der Waals surface area contributed by atoms with Gasteiger partial charge in [0.25, 0.3) is 0 Å². The molecule has 2 aliphatic rings. The Morgan fingerprint density at radius 2 is 1.96 bits per heavy atom. The Bertz CT molecular complexity index is 841. The van der Waals surface area contributed by atoms with Gasteiger partial charge in [-0.05, 0) is 17.2 Å². The van der Waals surface area contributed by atoms with Crippen molar-refractivity contribution in [2.75, 3.05) is 27.3 Å². The van der Waals surface area contributed by atoms with E-state index in [2.05, 4.69) is 45.8 Å². The van der Waals surface area contributed by atoms with Crippen molar-refractivity contribution >= 4 is 17.3 Å². The maximum atomic E-state index is 6.66. The molecule has 27 heavy (non-hydrogen) atoms. The summed E-state index contributed by atoms with van der Waals surface area (Å²) in [5.41, 5.74) is 6.88. The number of hydrogen-bond acceptors (Lipinski definition) is 5. The third-order valence-electron chi connectivity index (χ3n) is 5.42. The van der Waals surface area contributed by atoms with Gasteiger partial charge in [0.1, 0.15) is 0 Å². The molecule has 0 bridgehead atoms. The van der Waals surface area contributed by atoms with Gasteiger partial charge in [0.2, 0.25) is 0 Å². The Morgan fingerprint density at radius 3 is 2.70 bits per heavy atom. The summed E-state index contributed by atoms with van der Waals surface area (Å²) in [7, 11) is 3.23. The minimum absolute atomic E-state index is 0.0471. The molecule has 4 rings (SSSR count). The van der Waals surface area contributed by atoms with Crippen molar-refractivity contribution in [2.45, 2.75) is 19.0 Å². The fraction of sp³-hybridized carbons (Fsp3) is 0.381. The Balaban J connectivity index is 1.56. The van der Waals surface area contributed by atoms with Crippen molar-refractivity contribution in [3.63, 3.8) is 0 Å². The van der Waals surface area contributed by atoms with E-state index in [-0.39, 0.29) is 6.04 Å². The standard InChI is InChI=1S/C21H24ClN3O2/c1-26-18-9-8-15(19(22)21(18)27-2)20-16-13-25(11-10-17(16)23-24-20)12-14-6-4-3-5-7-14/h3-9,16,20,24H,10-13H2,1-2H3. The highest BCUT2D eigenvalue weighted by molar-refractivity contribution is 6.33. The molecule has 0 radical (unpaired) electrons. The highest BCUT2D eigenvalue weighted by atomic mass is 35.5. The summed E-state index contributed by atoms with van der Waals surface area (Å²) < 4.78 is 10.8. The molecule has 2 heterocycles. The summed E-state index contributed by atoms with van der Waals surface area (Å²) in [6.45, 7) is 2.94. The number of hydrazone groups is 1. The average molecular weight is 386 g/mol. The molecule has 0 aromatic heterocycles. The molecule has 6 heteroatoms. The van der Waals surface area contributed by atoms with Crippen LogP contribution in [-0.2, 0) is 6.54 Å². The minimum Gasteiger partial charge on any atom is -0.493 e. The normalized spacial score (nSPS) is 22.0. The first-order chi connectivity index (χ1) is 13.2. The van der Waals surface area contributed by atoms with Gasteiger partial charge in [0.15, 0.2) is 11.5 Å². The molecular formula is C21H24ClN3O2. The summed E-state index contributed by atoms with van der Waals surface area (Å²) in [5, 5.41) is 5.19. The van der Waals surface area contributed by atoms with Crippen LogP contribution in [0.4, 0.5) is 0 Å². The number of nitrogens with zero attached hydrogens (tertiary/aromatic N) is 2. The topological polar surface area (TPSA) is 46.1 Å². The summed E-state index contributed by atoms with van der Waals surface area (Å²) in [6, 6.07) is 14.6. The fourth-order valence-corrected chi connectivity index (χ4v) is 4.38. The van der Waals surface area contributed by atoms with Crippen molar-refractivity contribution in [2.24, 2.45) is 11.0 Å². The zero-order valence-corrected chi connectivity index (χ0v) is 16.4. The molecule has 2 atom stereocenters. The van der Waals surface area contributed by atoms with Crippen LogP contribution in [0.25, 0.3) is 0 Å². The van der Waals surface area contributed by atoms with Crippen molar-refractivity contribution in [1.29, 1.82) is 0 Å². The SMILES string of the molecule is COc1ccc(C2NN=C3CCN(Cc4ccccc4)CC32)c(Cl)c1OC. The largest absolute Gasteiger partial charge is 0.493 e. The molecule has 1 fully saturated rings. The highest BCUT2D eigenvalue weighted by Gasteiger charge is 2.38. The molecule has 5 nitrogen and oxygen atoms in total. The van der Waals surface area contributed by atoms with Gasteiger partial charge >= 0.3 is 0 Å². The second kappa shape index (κ2) is 7.79. The van der Waals surface area contributed by atoms with E-state index in [0.29, 0.717) is 22.4 Å². The number of piperidine rings is 1. The van der Waals surface area contributed by atoms with Crippen molar-refractivity contribution < 1.29 is 9.47 Å². The van der Waals surface area contributed by atoms with E-state index < -0.39 is 0 Å². The van der Waals surface area contributed by atoms with Crippen LogP contribution in [0.15, 0.2) is 47.6 Å². The molecule has 2 aromatic rings. The first-order valence-corrected chi connectivity index (χ1v) is 9.57. The number of benzene rings is 2. The van der Waals surface area contributed by atoms with E-state index >= 15 is 0 Å². The molecule has 2 unspecified atom stereocenters. The molecule has 1 saturated heterocycles. The van der Waals surface area contributed by atoms with Gasteiger partial charge in [-0.3, -0.25) is 4.90 Å². The Labute approximate surface area is 164 Å². The summed E-state index contributed by atoms with van der Waals surface area (Å²) in [6.07, 6.45) is 0.978. The van der Waals surface area contributed by atoms with Crippen LogP contribution in [0.1, 0.15) is 23.6 Å². The highest BCUT2D eigenvalue weighted by Crippen LogP contribution is 2.43. The van der Waals surface area contributed by atoms with Crippen LogP contribution >= 0.6 is 11.6 Å². The fourth-order valence-electron chi connectivity index (χ4n) is 4.03. The molecule has 0 spiro atoms. The van der Waals surface area contributed by atoms with Crippen LogP contribution in [0, 0.1) is 5.92 Å². The number of likely N-dealkylation sites (tertiary alicyclic amines) is 1. The van der Waals surface area contributed by atoms with Crippen LogP contribution in [0.2, 0.25) is 5.02 Å². The van der Waals surface area contributed by atoms with Gasteiger partial charge in [-0.25, -0.2) is 0 Å². The number of halogens is 1. The maximum absolute atomic E-state index is 6.66. The van der Waals surface area contributed by atoms with E-state index in [1.54, 1.807) is 14.2 Å². The Kier molecular flexibility index (Phi) is 5.23. The molecular weight excluding hydrogens is 362 g/mol. The number of hydrogen-bond donors (Lipinski definition) is 1. The predicted octanol–water partition coefficient (Wildman–Crippen LogP) is 3.88. The van der Waals surface area contributed by atoms with E-state index in [1.807, 2.05) is 12.1 Å². The smallest absolute Gasteiger partial charge is 0.179 e. The van der Waals surface area contributed by atoms with Gasteiger partial charge in [0.05, 0.1) is 25.3 Å². The molecule has 0 amide bonds. The first-order valence-electron chi connectivity index (χ1n) is 9.20. The third kappa shape index (κ3) is 3.49. The Morgan fingerprint density at radius 1 is 1.15 bits per heavy atom. The average Bonchev–Trinajstić information content (AvgIpc) is 3.11. The van der Waals surface area contributed by atoms with Gasteiger partial charge in [-0.2, -0.15) is 5.10 Å². The lowest BCUT2D eigenvalue weighted by Crippen LogP contribution is -2.41. The van der Waals surface area contributed by atoms with E-state index in [1.165, 1.54) is 11.3 Å².